The molecule has 0 aliphatic carbocycles. The molecule has 3 rings (SSSR count). The van der Waals surface area contributed by atoms with Gasteiger partial charge in [-0.05, 0) is 42.5 Å². The van der Waals surface area contributed by atoms with Gasteiger partial charge in [0.15, 0.2) is 6.61 Å². The van der Waals surface area contributed by atoms with Gasteiger partial charge in [-0.15, -0.1) is 0 Å². The van der Waals surface area contributed by atoms with Crippen LogP contribution in [0.25, 0.3) is 0 Å². The molecule has 8 heteroatoms. The number of benzene rings is 3. The van der Waals surface area contributed by atoms with Crippen LogP contribution in [0.2, 0.25) is 10.0 Å². The first-order chi connectivity index (χ1) is 14.5. The highest BCUT2D eigenvalue weighted by Crippen LogP contribution is 2.25. The second kappa shape index (κ2) is 10.4. The highest BCUT2D eigenvalue weighted by molar-refractivity contribution is 6.42. The molecule has 0 saturated heterocycles. The largest absolute Gasteiger partial charge is 0.483 e. The molecule has 0 heterocycles. The molecule has 0 radical (unpaired) electrons. The Kier molecular flexibility index (Phi) is 7.43. The van der Waals surface area contributed by atoms with E-state index in [-0.39, 0.29) is 18.4 Å². The Bertz CT molecular complexity index is 1070. The number of halogens is 2. The van der Waals surface area contributed by atoms with Gasteiger partial charge in [0.25, 0.3) is 11.8 Å². The number of anilines is 1. The van der Waals surface area contributed by atoms with E-state index in [1.807, 2.05) is 6.07 Å². The Morgan fingerprint density at radius 1 is 0.933 bits per heavy atom. The number of rotatable bonds is 7. The second-order valence-electron chi connectivity index (χ2n) is 6.07. The highest BCUT2D eigenvalue weighted by atomic mass is 35.5. The van der Waals surface area contributed by atoms with Gasteiger partial charge in [-0.25, -0.2) is 5.43 Å². The van der Waals surface area contributed by atoms with Crippen molar-refractivity contribution in [1.82, 2.24) is 5.43 Å². The van der Waals surface area contributed by atoms with Gasteiger partial charge in [-0.2, -0.15) is 5.10 Å². The lowest BCUT2D eigenvalue weighted by molar-refractivity contribution is -0.118. The Hall–Kier alpha value is -3.35. The molecule has 0 aromatic heterocycles. The molecule has 3 aromatic carbocycles. The van der Waals surface area contributed by atoms with Gasteiger partial charge < -0.3 is 10.1 Å². The normalized spacial score (nSPS) is 10.6. The van der Waals surface area contributed by atoms with E-state index in [0.29, 0.717) is 32.6 Å². The van der Waals surface area contributed by atoms with Crippen molar-refractivity contribution in [2.45, 2.75) is 0 Å². The van der Waals surface area contributed by atoms with E-state index in [2.05, 4.69) is 15.8 Å². The van der Waals surface area contributed by atoms with E-state index in [1.54, 1.807) is 66.7 Å². The molecule has 0 aliphatic rings. The van der Waals surface area contributed by atoms with Gasteiger partial charge in [0, 0.05) is 16.8 Å². The molecule has 152 valence electrons. The minimum Gasteiger partial charge on any atom is -0.483 e. The molecule has 6 nitrogen and oxygen atoms in total. The summed E-state index contributed by atoms with van der Waals surface area (Å²) in [5.41, 5.74) is 4.07. The third kappa shape index (κ3) is 6.07. The minimum absolute atomic E-state index is 0.221. The Morgan fingerprint density at radius 2 is 1.67 bits per heavy atom. The molecule has 0 unspecified atom stereocenters. The standard InChI is InChI=1S/C22H17Cl2N3O3/c23-18-11-10-17(12-19(18)24)26-21(28)14-30-20-9-5-4-8-16(20)13-25-27-22(29)15-6-2-1-3-7-15/h1-13H,14H2,(H,26,28)(H,27,29)/b25-13+. The summed E-state index contributed by atoms with van der Waals surface area (Å²) in [4.78, 5) is 24.2. The number of hydrogen-bond donors (Lipinski definition) is 2. The van der Waals surface area contributed by atoms with Crippen molar-refractivity contribution in [3.8, 4) is 5.75 Å². The zero-order valence-corrected chi connectivity index (χ0v) is 17.2. The number of carbonyl (C=O) groups excluding carboxylic acids is 2. The van der Waals surface area contributed by atoms with Crippen LogP contribution in [0, 0.1) is 0 Å². The quantitative estimate of drug-likeness (QED) is 0.409. The first-order valence-electron chi connectivity index (χ1n) is 8.88. The Balaban J connectivity index is 1.57. The van der Waals surface area contributed by atoms with Gasteiger partial charge in [-0.1, -0.05) is 53.5 Å². The van der Waals surface area contributed by atoms with Crippen LogP contribution in [0.1, 0.15) is 15.9 Å². The fourth-order valence-electron chi connectivity index (χ4n) is 2.45. The highest BCUT2D eigenvalue weighted by Gasteiger charge is 2.08. The van der Waals surface area contributed by atoms with Gasteiger partial charge in [0.1, 0.15) is 5.75 Å². The van der Waals surface area contributed by atoms with Crippen LogP contribution in [-0.4, -0.2) is 24.6 Å². The van der Waals surface area contributed by atoms with Crippen molar-refractivity contribution in [2.75, 3.05) is 11.9 Å². The predicted molar refractivity (Wildman–Crippen MR) is 119 cm³/mol. The van der Waals surface area contributed by atoms with Crippen molar-refractivity contribution >= 4 is 46.9 Å². The van der Waals surface area contributed by atoms with Crippen molar-refractivity contribution in [1.29, 1.82) is 0 Å². The molecule has 0 bridgehead atoms. The SMILES string of the molecule is O=C(COc1ccccc1/C=N/NC(=O)c1ccccc1)Nc1ccc(Cl)c(Cl)c1. The lowest BCUT2D eigenvalue weighted by Gasteiger charge is -2.10. The molecule has 2 amide bonds. The summed E-state index contributed by atoms with van der Waals surface area (Å²) in [6.45, 7) is -0.221. The third-order valence-electron chi connectivity index (χ3n) is 3.89. The van der Waals surface area contributed by atoms with Crippen LogP contribution in [0.5, 0.6) is 5.75 Å². The first-order valence-corrected chi connectivity index (χ1v) is 9.64. The number of nitrogens with zero attached hydrogens (tertiary/aromatic N) is 1. The van der Waals surface area contributed by atoms with Crippen LogP contribution in [0.4, 0.5) is 5.69 Å². The molecule has 2 N–H and O–H groups in total. The van der Waals surface area contributed by atoms with E-state index in [0.717, 1.165) is 0 Å². The number of para-hydroxylation sites is 1. The minimum atomic E-state index is -0.363. The van der Waals surface area contributed by atoms with Crippen LogP contribution in [0.15, 0.2) is 77.9 Å². The van der Waals surface area contributed by atoms with Gasteiger partial charge in [0.2, 0.25) is 0 Å². The van der Waals surface area contributed by atoms with Crippen LogP contribution in [0.3, 0.4) is 0 Å². The zero-order chi connectivity index (χ0) is 21.3. The predicted octanol–water partition coefficient (Wildman–Crippen LogP) is 4.77. The number of hydrazone groups is 1. The summed E-state index contributed by atoms with van der Waals surface area (Å²) in [5.74, 6) is -0.247. The molecular weight excluding hydrogens is 425 g/mol. The molecule has 0 spiro atoms. The maximum Gasteiger partial charge on any atom is 0.271 e. The summed E-state index contributed by atoms with van der Waals surface area (Å²) in [6, 6.07) is 20.5. The maximum absolute atomic E-state index is 12.2. The molecule has 0 atom stereocenters. The molecule has 0 fully saturated rings. The lowest BCUT2D eigenvalue weighted by atomic mass is 10.2. The van der Waals surface area contributed by atoms with Crippen molar-refractivity contribution in [3.63, 3.8) is 0 Å². The monoisotopic (exact) mass is 441 g/mol. The lowest BCUT2D eigenvalue weighted by Crippen LogP contribution is -2.20. The van der Waals surface area contributed by atoms with Crippen LogP contribution in [-0.2, 0) is 4.79 Å². The molecule has 30 heavy (non-hydrogen) atoms. The first kappa shape index (κ1) is 21.4. The van der Waals surface area contributed by atoms with Gasteiger partial charge in [-0.3, -0.25) is 9.59 Å². The summed E-state index contributed by atoms with van der Waals surface area (Å²) >= 11 is 11.8. The van der Waals surface area contributed by atoms with E-state index < -0.39 is 0 Å². The smallest absolute Gasteiger partial charge is 0.271 e. The number of amides is 2. The summed E-state index contributed by atoms with van der Waals surface area (Å²) in [6.07, 6.45) is 1.45. The fraction of sp³-hybridized carbons (Fsp3) is 0.0455. The average molecular weight is 442 g/mol. The van der Waals surface area contributed by atoms with Crippen LogP contribution >= 0.6 is 23.2 Å². The molecule has 0 aliphatic heterocycles. The van der Waals surface area contributed by atoms with Gasteiger partial charge >= 0.3 is 0 Å². The van der Waals surface area contributed by atoms with Crippen molar-refractivity contribution in [2.24, 2.45) is 5.10 Å². The Labute approximate surface area is 183 Å². The van der Waals surface area contributed by atoms with Crippen molar-refractivity contribution in [3.05, 3.63) is 94.0 Å². The van der Waals surface area contributed by atoms with Crippen molar-refractivity contribution < 1.29 is 14.3 Å². The number of carbonyl (C=O) groups is 2. The zero-order valence-electron chi connectivity index (χ0n) is 15.6. The molecule has 0 saturated carbocycles. The summed E-state index contributed by atoms with van der Waals surface area (Å²) in [5, 5.41) is 7.38. The maximum atomic E-state index is 12.2. The average Bonchev–Trinajstić information content (AvgIpc) is 2.76. The second-order valence-corrected chi connectivity index (χ2v) is 6.88. The summed E-state index contributed by atoms with van der Waals surface area (Å²) < 4.78 is 5.59. The topological polar surface area (TPSA) is 79.8 Å². The molecular formula is C22H17Cl2N3O3. The number of nitrogens with one attached hydrogen (secondary N) is 2. The number of ether oxygens (including phenoxy) is 1. The van der Waals surface area contributed by atoms with E-state index in [9.17, 15) is 9.59 Å². The third-order valence-corrected chi connectivity index (χ3v) is 4.63. The van der Waals surface area contributed by atoms with Gasteiger partial charge in [0.05, 0.1) is 16.3 Å². The van der Waals surface area contributed by atoms with Crippen LogP contribution < -0.4 is 15.5 Å². The molecule has 3 aromatic rings. The van der Waals surface area contributed by atoms with E-state index >= 15 is 0 Å². The summed E-state index contributed by atoms with van der Waals surface area (Å²) in [7, 11) is 0. The number of hydrogen-bond acceptors (Lipinski definition) is 4. The Morgan fingerprint density at radius 3 is 2.43 bits per heavy atom. The van der Waals surface area contributed by atoms with E-state index in [4.69, 9.17) is 27.9 Å². The van der Waals surface area contributed by atoms with E-state index in [1.165, 1.54) is 6.21 Å². The fourth-order valence-corrected chi connectivity index (χ4v) is 2.75.